The number of benzene rings is 2. The summed E-state index contributed by atoms with van der Waals surface area (Å²) in [5.41, 5.74) is 10.6. The van der Waals surface area contributed by atoms with Crippen LogP contribution in [0.25, 0.3) is 11.1 Å². The van der Waals surface area contributed by atoms with Crippen LogP contribution in [0.15, 0.2) is 36.4 Å². The first kappa shape index (κ1) is 33.6. The standard InChI is InChI=1S/C39H50FN3O4/c1-26-19-33(40)8-7-31(26)22-42-14-9-29-20-30(5-6-32(29)23-42)37-35(25-47-24-28-10-17-46-18-11-28)41-27(2)34(21-36(44)45)38(37)43-15-12-39(3,4)13-16-43/h5-8,19-20,28H,9-18,21-25H2,1-4H3,(H,44,45). The van der Waals surface area contributed by atoms with Crippen LogP contribution >= 0.6 is 0 Å². The van der Waals surface area contributed by atoms with Crippen LogP contribution in [0.2, 0.25) is 0 Å². The van der Waals surface area contributed by atoms with Gasteiger partial charge in [-0.3, -0.25) is 14.7 Å². The van der Waals surface area contributed by atoms with Crippen molar-refractivity contribution in [2.24, 2.45) is 11.3 Å². The molecule has 2 saturated heterocycles. The van der Waals surface area contributed by atoms with Gasteiger partial charge in [0.15, 0.2) is 0 Å². The molecule has 4 heterocycles. The molecular formula is C39H50FN3O4. The Bertz CT molecular complexity index is 1590. The molecule has 3 aliphatic rings. The van der Waals surface area contributed by atoms with Crippen LogP contribution in [0.3, 0.4) is 0 Å². The van der Waals surface area contributed by atoms with Gasteiger partial charge in [-0.1, -0.05) is 38.1 Å². The highest BCUT2D eigenvalue weighted by Crippen LogP contribution is 2.43. The second-order valence-electron chi connectivity index (χ2n) is 14.7. The maximum atomic E-state index is 13.7. The average molecular weight is 644 g/mol. The fraction of sp³-hybridized carbons (Fsp3) is 0.538. The number of fused-ring (bicyclic) bond motifs is 1. The molecule has 6 rings (SSSR count). The Morgan fingerprint density at radius 2 is 1.83 bits per heavy atom. The molecule has 8 heteroatoms. The van der Waals surface area contributed by atoms with Crippen LogP contribution < -0.4 is 4.90 Å². The molecule has 0 saturated carbocycles. The van der Waals surface area contributed by atoms with Crippen molar-refractivity contribution in [1.29, 1.82) is 0 Å². The van der Waals surface area contributed by atoms with E-state index in [1.165, 1.54) is 11.1 Å². The van der Waals surface area contributed by atoms with Crippen LogP contribution in [-0.2, 0) is 46.8 Å². The number of aliphatic carboxylic acids is 1. The van der Waals surface area contributed by atoms with Crippen molar-refractivity contribution in [2.45, 2.75) is 85.9 Å². The summed E-state index contributed by atoms with van der Waals surface area (Å²) in [5.74, 6) is -0.556. The monoisotopic (exact) mass is 643 g/mol. The molecule has 252 valence electrons. The first-order valence-corrected chi connectivity index (χ1v) is 17.3. The maximum Gasteiger partial charge on any atom is 0.307 e. The Balaban J connectivity index is 1.35. The SMILES string of the molecule is Cc1cc(F)ccc1CN1CCc2cc(-c3c(COCC4CCOCC4)nc(C)c(CC(=O)O)c3N3CCC(C)(C)CC3)ccc2C1. The highest BCUT2D eigenvalue weighted by Gasteiger charge is 2.31. The van der Waals surface area contributed by atoms with Gasteiger partial charge in [0.1, 0.15) is 5.82 Å². The van der Waals surface area contributed by atoms with Gasteiger partial charge < -0.3 is 19.5 Å². The van der Waals surface area contributed by atoms with E-state index in [-0.39, 0.29) is 17.7 Å². The van der Waals surface area contributed by atoms with Crippen LogP contribution in [0.1, 0.15) is 78.7 Å². The fourth-order valence-electron chi connectivity index (χ4n) is 7.45. The molecule has 0 bridgehead atoms. The Kier molecular flexibility index (Phi) is 10.3. The molecule has 3 aliphatic heterocycles. The second-order valence-corrected chi connectivity index (χ2v) is 14.7. The summed E-state index contributed by atoms with van der Waals surface area (Å²) in [6.45, 7) is 15.5. The number of hydrogen-bond donors (Lipinski definition) is 1. The van der Waals surface area contributed by atoms with Crippen molar-refractivity contribution < 1.29 is 23.8 Å². The minimum absolute atomic E-state index is 0.0625. The number of ether oxygens (including phenoxy) is 2. The highest BCUT2D eigenvalue weighted by molar-refractivity contribution is 5.87. The molecule has 1 N–H and O–H groups in total. The lowest BCUT2D eigenvalue weighted by atomic mass is 9.81. The van der Waals surface area contributed by atoms with Crippen LogP contribution in [0.4, 0.5) is 10.1 Å². The second kappa shape index (κ2) is 14.4. The predicted octanol–water partition coefficient (Wildman–Crippen LogP) is 7.26. The van der Waals surface area contributed by atoms with E-state index in [1.54, 1.807) is 12.1 Å². The van der Waals surface area contributed by atoms with Gasteiger partial charge in [-0.2, -0.15) is 0 Å². The third kappa shape index (κ3) is 8.04. The lowest BCUT2D eigenvalue weighted by molar-refractivity contribution is -0.136. The van der Waals surface area contributed by atoms with E-state index in [2.05, 4.69) is 41.8 Å². The van der Waals surface area contributed by atoms with Crippen molar-refractivity contribution in [3.8, 4) is 11.1 Å². The van der Waals surface area contributed by atoms with Crippen molar-refractivity contribution in [3.05, 3.63) is 81.4 Å². The van der Waals surface area contributed by atoms with Gasteiger partial charge in [-0.25, -0.2) is 4.39 Å². The molecule has 2 aromatic carbocycles. The highest BCUT2D eigenvalue weighted by atomic mass is 19.1. The van der Waals surface area contributed by atoms with Gasteiger partial charge in [-0.05, 0) is 97.2 Å². The number of pyridine rings is 1. The molecule has 0 atom stereocenters. The lowest BCUT2D eigenvalue weighted by Crippen LogP contribution is -2.38. The van der Waals surface area contributed by atoms with E-state index in [9.17, 15) is 14.3 Å². The third-order valence-corrected chi connectivity index (χ3v) is 10.5. The molecule has 0 aliphatic carbocycles. The zero-order chi connectivity index (χ0) is 33.1. The summed E-state index contributed by atoms with van der Waals surface area (Å²) in [7, 11) is 0. The summed E-state index contributed by atoms with van der Waals surface area (Å²) in [6, 6.07) is 11.8. The molecule has 0 unspecified atom stereocenters. The summed E-state index contributed by atoms with van der Waals surface area (Å²) in [5, 5.41) is 10.0. The third-order valence-electron chi connectivity index (χ3n) is 10.5. The number of carboxylic acids is 1. The molecule has 7 nitrogen and oxygen atoms in total. The number of aryl methyl sites for hydroxylation is 2. The molecular weight excluding hydrogens is 593 g/mol. The largest absolute Gasteiger partial charge is 0.481 e. The molecule has 2 fully saturated rings. The Labute approximate surface area is 279 Å². The minimum Gasteiger partial charge on any atom is -0.481 e. The maximum absolute atomic E-state index is 13.7. The Hall–Kier alpha value is -3.33. The topological polar surface area (TPSA) is 75.1 Å². The number of carboxylic acid groups (broad SMARTS) is 1. The van der Waals surface area contributed by atoms with Crippen LogP contribution in [0.5, 0.6) is 0 Å². The first-order chi connectivity index (χ1) is 22.6. The van der Waals surface area contributed by atoms with Gasteiger partial charge in [0.2, 0.25) is 0 Å². The predicted molar refractivity (Wildman–Crippen MR) is 183 cm³/mol. The number of hydrogen-bond acceptors (Lipinski definition) is 6. The normalized spacial score (nSPS) is 18.7. The number of piperidine rings is 1. The molecule has 3 aromatic rings. The van der Waals surface area contributed by atoms with Crippen molar-refractivity contribution in [2.75, 3.05) is 44.4 Å². The summed E-state index contributed by atoms with van der Waals surface area (Å²) < 4.78 is 25.7. The van der Waals surface area contributed by atoms with Gasteiger partial charge >= 0.3 is 5.97 Å². The number of rotatable bonds is 10. The van der Waals surface area contributed by atoms with Crippen molar-refractivity contribution >= 4 is 11.7 Å². The van der Waals surface area contributed by atoms with E-state index in [0.29, 0.717) is 19.1 Å². The van der Waals surface area contributed by atoms with E-state index in [1.807, 2.05) is 19.9 Å². The molecule has 0 radical (unpaired) electrons. The molecule has 0 spiro atoms. The fourth-order valence-corrected chi connectivity index (χ4v) is 7.45. The van der Waals surface area contributed by atoms with Crippen LogP contribution in [-0.4, -0.2) is 60.4 Å². The number of aromatic nitrogens is 1. The zero-order valence-corrected chi connectivity index (χ0v) is 28.5. The van der Waals surface area contributed by atoms with Crippen molar-refractivity contribution in [1.82, 2.24) is 9.88 Å². The van der Waals surface area contributed by atoms with Crippen molar-refractivity contribution in [3.63, 3.8) is 0 Å². The van der Waals surface area contributed by atoms with Gasteiger partial charge in [0.05, 0.1) is 31.0 Å². The summed E-state index contributed by atoms with van der Waals surface area (Å²) >= 11 is 0. The summed E-state index contributed by atoms with van der Waals surface area (Å²) in [4.78, 5) is 22.2. The number of carbonyl (C=O) groups is 1. The smallest absolute Gasteiger partial charge is 0.307 e. The van der Waals surface area contributed by atoms with E-state index >= 15 is 0 Å². The van der Waals surface area contributed by atoms with Gasteiger partial charge in [0, 0.05) is 62.8 Å². The number of halogens is 1. The van der Waals surface area contributed by atoms with Gasteiger partial charge in [-0.15, -0.1) is 0 Å². The molecule has 1 aromatic heterocycles. The Morgan fingerprint density at radius 3 is 2.55 bits per heavy atom. The first-order valence-electron chi connectivity index (χ1n) is 17.3. The van der Waals surface area contributed by atoms with E-state index in [4.69, 9.17) is 14.5 Å². The van der Waals surface area contributed by atoms with Gasteiger partial charge in [0.25, 0.3) is 0 Å². The van der Waals surface area contributed by atoms with E-state index < -0.39 is 5.97 Å². The minimum atomic E-state index is -0.843. The quantitative estimate of drug-likeness (QED) is 0.249. The van der Waals surface area contributed by atoms with E-state index in [0.717, 1.165) is 123 Å². The average Bonchev–Trinajstić information content (AvgIpc) is 3.04. The zero-order valence-electron chi connectivity index (χ0n) is 28.5. The van der Waals surface area contributed by atoms with Crippen LogP contribution in [0, 0.1) is 31.0 Å². The molecule has 47 heavy (non-hydrogen) atoms. The lowest BCUT2D eigenvalue weighted by Gasteiger charge is -2.40. The molecule has 0 amide bonds. The Morgan fingerprint density at radius 1 is 1.06 bits per heavy atom. The summed E-state index contributed by atoms with van der Waals surface area (Å²) in [6.07, 6.45) is 4.95. The number of anilines is 1. The number of nitrogens with zero attached hydrogens (tertiary/aromatic N) is 3.